The molecule has 7 nitrogen and oxygen atoms in total. The number of sulfonamides is 1. The largest absolute Gasteiger partial charge is 0.355 e. The number of halogens is 2. The van der Waals surface area contributed by atoms with Crippen molar-refractivity contribution in [3.8, 4) is 0 Å². The molecule has 0 unspecified atom stereocenters. The average Bonchev–Trinajstić information content (AvgIpc) is 3.06. The molecule has 2 N–H and O–H groups in total. The molecule has 2 rings (SSSR count). The van der Waals surface area contributed by atoms with Crippen molar-refractivity contribution in [3.05, 3.63) is 47.0 Å². The highest BCUT2D eigenvalue weighted by Crippen LogP contribution is 2.24. The van der Waals surface area contributed by atoms with Crippen LogP contribution in [0.4, 0.5) is 0 Å². The van der Waals surface area contributed by atoms with Crippen molar-refractivity contribution < 1.29 is 13.2 Å². The zero-order valence-corrected chi connectivity index (χ0v) is 15.8. The van der Waals surface area contributed by atoms with Crippen molar-refractivity contribution in [2.24, 2.45) is 0 Å². The van der Waals surface area contributed by atoms with Crippen molar-refractivity contribution in [1.82, 2.24) is 19.6 Å². The van der Waals surface area contributed by atoms with Crippen LogP contribution in [0.5, 0.6) is 0 Å². The minimum Gasteiger partial charge on any atom is -0.355 e. The lowest BCUT2D eigenvalue weighted by Gasteiger charge is -2.15. The predicted octanol–water partition coefficient (Wildman–Crippen LogP) is 2.06. The molecule has 0 saturated carbocycles. The van der Waals surface area contributed by atoms with E-state index in [-0.39, 0.29) is 14.9 Å². The predicted molar refractivity (Wildman–Crippen MR) is 96.1 cm³/mol. The summed E-state index contributed by atoms with van der Waals surface area (Å²) in [6.07, 6.45) is 5.89. The molecule has 0 aliphatic rings. The second kappa shape index (κ2) is 8.66. The molecule has 0 spiro atoms. The normalized spacial score (nSPS) is 12.8. The standard InChI is InChI=1S/C15H18Cl2N4O3S/c1-11(15(22)19-5-2-7-21-8-6-18-10-21)20-25(23,24)14-9-12(16)3-4-13(14)17/h3-4,6,8-11,20H,2,5,7H2,1H3,(H,19,22)/t11-/m1/s1. The van der Waals surface area contributed by atoms with Gasteiger partial charge in [-0.3, -0.25) is 4.79 Å². The lowest BCUT2D eigenvalue weighted by molar-refractivity contribution is -0.122. The molecule has 2 aromatic rings. The Kier molecular flexibility index (Phi) is 6.83. The maximum Gasteiger partial charge on any atom is 0.242 e. The molecule has 0 saturated heterocycles. The molecule has 1 atom stereocenters. The van der Waals surface area contributed by atoms with E-state index >= 15 is 0 Å². The van der Waals surface area contributed by atoms with Crippen LogP contribution in [0.3, 0.4) is 0 Å². The number of rotatable bonds is 8. The maximum absolute atomic E-state index is 12.4. The third-order valence-electron chi connectivity index (χ3n) is 3.36. The topological polar surface area (TPSA) is 93.1 Å². The van der Waals surface area contributed by atoms with Gasteiger partial charge in [0.05, 0.1) is 17.4 Å². The lowest BCUT2D eigenvalue weighted by atomic mass is 10.3. The number of aryl methyl sites for hydroxylation is 1. The molecule has 0 aliphatic carbocycles. The molecule has 1 heterocycles. The van der Waals surface area contributed by atoms with Crippen LogP contribution in [0.25, 0.3) is 0 Å². The lowest BCUT2D eigenvalue weighted by Crippen LogP contribution is -2.45. The second-order valence-corrected chi connectivity index (χ2v) is 7.89. The quantitative estimate of drug-likeness (QED) is 0.658. The summed E-state index contributed by atoms with van der Waals surface area (Å²) in [5, 5.41) is 2.96. The van der Waals surface area contributed by atoms with E-state index in [1.54, 1.807) is 12.5 Å². The monoisotopic (exact) mass is 404 g/mol. The van der Waals surface area contributed by atoms with Gasteiger partial charge in [0.1, 0.15) is 4.90 Å². The van der Waals surface area contributed by atoms with Crippen LogP contribution in [0, 0.1) is 0 Å². The summed E-state index contributed by atoms with van der Waals surface area (Å²) in [5.74, 6) is -0.424. The summed E-state index contributed by atoms with van der Waals surface area (Å²) in [7, 11) is -3.96. The van der Waals surface area contributed by atoms with Gasteiger partial charge in [0.25, 0.3) is 0 Å². The second-order valence-electron chi connectivity index (χ2n) is 5.36. The molecule has 136 valence electrons. The third kappa shape index (κ3) is 5.71. The number of aromatic nitrogens is 2. The van der Waals surface area contributed by atoms with Crippen LogP contribution in [0.15, 0.2) is 41.8 Å². The van der Waals surface area contributed by atoms with Crippen LogP contribution < -0.4 is 10.0 Å². The Hall–Kier alpha value is -1.61. The molecule has 0 fully saturated rings. The number of hydrogen-bond acceptors (Lipinski definition) is 4. The summed E-state index contributed by atoms with van der Waals surface area (Å²) in [6.45, 7) is 2.58. The van der Waals surface area contributed by atoms with E-state index < -0.39 is 22.0 Å². The Bertz CT molecular complexity index is 825. The fourth-order valence-corrected chi connectivity index (χ4v) is 4.04. The first-order valence-electron chi connectivity index (χ1n) is 7.50. The van der Waals surface area contributed by atoms with Crippen molar-refractivity contribution in [2.45, 2.75) is 30.8 Å². The van der Waals surface area contributed by atoms with Gasteiger partial charge in [-0.15, -0.1) is 0 Å². The number of hydrogen-bond donors (Lipinski definition) is 2. The van der Waals surface area contributed by atoms with E-state index in [0.29, 0.717) is 19.5 Å². The van der Waals surface area contributed by atoms with Crippen LogP contribution in [0.2, 0.25) is 10.0 Å². The maximum atomic E-state index is 12.4. The van der Waals surface area contributed by atoms with E-state index in [9.17, 15) is 13.2 Å². The number of benzene rings is 1. The molecule has 0 bridgehead atoms. The highest BCUT2D eigenvalue weighted by Gasteiger charge is 2.24. The first-order chi connectivity index (χ1) is 11.8. The zero-order chi connectivity index (χ0) is 18.4. The van der Waals surface area contributed by atoms with Gasteiger partial charge >= 0.3 is 0 Å². The number of amides is 1. The Morgan fingerprint density at radius 3 is 2.80 bits per heavy atom. The van der Waals surface area contributed by atoms with Crippen molar-refractivity contribution in [3.63, 3.8) is 0 Å². The minimum absolute atomic E-state index is 0.0323. The van der Waals surface area contributed by atoms with E-state index in [0.717, 1.165) is 0 Å². The fraction of sp³-hybridized carbons (Fsp3) is 0.333. The number of imidazole rings is 1. The number of nitrogens with zero attached hydrogens (tertiary/aromatic N) is 2. The average molecular weight is 405 g/mol. The Labute approximate surface area is 156 Å². The van der Waals surface area contributed by atoms with Crippen molar-refractivity contribution in [1.29, 1.82) is 0 Å². The molecular formula is C15H18Cl2N4O3S. The van der Waals surface area contributed by atoms with Crippen molar-refractivity contribution in [2.75, 3.05) is 6.54 Å². The van der Waals surface area contributed by atoms with Crippen LogP contribution in [-0.2, 0) is 21.4 Å². The number of carbonyl (C=O) groups is 1. The van der Waals surface area contributed by atoms with Crippen molar-refractivity contribution >= 4 is 39.1 Å². The number of carbonyl (C=O) groups excluding carboxylic acids is 1. The van der Waals surface area contributed by atoms with E-state index in [1.165, 1.54) is 25.1 Å². The summed E-state index contributed by atoms with van der Waals surface area (Å²) in [6, 6.07) is 3.16. The van der Waals surface area contributed by atoms with Gasteiger partial charge in [0.2, 0.25) is 15.9 Å². The summed E-state index contributed by atoms with van der Waals surface area (Å²) >= 11 is 11.7. The zero-order valence-electron chi connectivity index (χ0n) is 13.4. The minimum atomic E-state index is -3.96. The highest BCUT2D eigenvalue weighted by atomic mass is 35.5. The molecule has 1 amide bonds. The van der Waals surface area contributed by atoms with Gasteiger partial charge in [-0.2, -0.15) is 4.72 Å². The molecule has 25 heavy (non-hydrogen) atoms. The summed E-state index contributed by atoms with van der Waals surface area (Å²) in [4.78, 5) is 15.8. The SMILES string of the molecule is C[C@@H](NS(=O)(=O)c1cc(Cl)ccc1Cl)C(=O)NCCCn1ccnc1. The van der Waals surface area contributed by atoms with Gasteiger partial charge in [-0.05, 0) is 31.5 Å². The molecular weight excluding hydrogens is 387 g/mol. The van der Waals surface area contributed by atoms with Gasteiger partial charge in [0, 0.05) is 30.5 Å². The number of nitrogens with one attached hydrogen (secondary N) is 2. The molecule has 0 radical (unpaired) electrons. The van der Waals surface area contributed by atoms with Gasteiger partial charge in [0.15, 0.2) is 0 Å². The molecule has 1 aromatic heterocycles. The molecule has 10 heteroatoms. The van der Waals surface area contributed by atoms with E-state index in [2.05, 4.69) is 15.0 Å². The summed E-state index contributed by atoms with van der Waals surface area (Å²) < 4.78 is 28.9. The first kappa shape index (κ1) is 19.7. The van der Waals surface area contributed by atoms with Crippen LogP contribution in [-0.4, -0.2) is 36.5 Å². The van der Waals surface area contributed by atoms with Gasteiger partial charge in [-0.25, -0.2) is 13.4 Å². The Morgan fingerprint density at radius 2 is 2.12 bits per heavy atom. The van der Waals surface area contributed by atoms with Crippen LogP contribution >= 0.6 is 23.2 Å². The van der Waals surface area contributed by atoms with Gasteiger partial charge < -0.3 is 9.88 Å². The smallest absolute Gasteiger partial charge is 0.242 e. The first-order valence-corrected chi connectivity index (χ1v) is 9.74. The highest BCUT2D eigenvalue weighted by molar-refractivity contribution is 7.89. The van der Waals surface area contributed by atoms with E-state index in [1.807, 2.05) is 10.8 Å². The Morgan fingerprint density at radius 1 is 1.36 bits per heavy atom. The third-order valence-corrected chi connectivity index (χ3v) is 5.62. The Balaban J connectivity index is 1.87. The van der Waals surface area contributed by atoms with Gasteiger partial charge in [-0.1, -0.05) is 23.2 Å². The molecule has 1 aromatic carbocycles. The van der Waals surface area contributed by atoms with Crippen LogP contribution in [0.1, 0.15) is 13.3 Å². The summed E-state index contributed by atoms with van der Waals surface area (Å²) in [5.41, 5.74) is 0. The fourth-order valence-electron chi connectivity index (χ4n) is 2.08. The van der Waals surface area contributed by atoms with E-state index in [4.69, 9.17) is 23.2 Å². The molecule has 0 aliphatic heterocycles.